The lowest BCUT2D eigenvalue weighted by atomic mass is 9.95. The maximum atomic E-state index is 12.5. The lowest BCUT2D eigenvalue weighted by Crippen LogP contribution is -2.48. The maximum Gasteiger partial charge on any atom is 0.317 e. The van der Waals surface area contributed by atoms with Crippen LogP contribution in [0.1, 0.15) is 69.2 Å². The van der Waals surface area contributed by atoms with Gasteiger partial charge in [0.1, 0.15) is 5.01 Å². The molecule has 0 unspecified atom stereocenters. The summed E-state index contributed by atoms with van der Waals surface area (Å²) in [4.78, 5) is 21.8. The highest BCUT2D eigenvalue weighted by molar-refractivity contribution is 7.09. The van der Waals surface area contributed by atoms with Gasteiger partial charge >= 0.3 is 6.03 Å². The third-order valence-corrected chi connectivity index (χ3v) is 7.50. The van der Waals surface area contributed by atoms with Gasteiger partial charge in [0.2, 0.25) is 0 Å². The zero-order chi connectivity index (χ0) is 18.5. The number of thiazole rings is 1. The summed E-state index contributed by atoms with van der Waals surface area (Å²) in [6.45, 7) is 4.00. The van der Waals surface area contributed by atoms with Crippen molar-refractivity contribution in [2.75, 3.05) is 19.6 Å². The van der Waals surface area contributed by atoms with E-state index < -0.39 is 0 Å². The van der Waals surface area contributed by atoms with Gasteiger partial charge in [0, 0.05) is 43.3 Å². The van der Waals surface area contributed by atoms with E-state index in [0.717, 1.165) is 51.4 Å². The van der Waals surface area contributed by atoms with Gasteiger partial charge in [-0.05, 0) is 44.4 Å². The normalized spacial score (nSPS) is 22.8. The van der Waals surface area contributed by atoms with E-state index in [1.54, 1.807) is 11.3 Å². The van der Waals surface area contributed by atoms with Crippen molar-refractivity contribution in [1.29, 1.82) is 0 Å². The molecule has 0 aromatic carbocycles. The molecule has 2 aliphatic carbocycles. The highest BCUT2D eigenvalue weighted by atomic mass is 32.1. The van der Waals surface area contributed by atoms with Crippen molar-refractivity contribution in [3.63, 3.8) is 0 Å². The Labute approximate surface area is 167 Å². The molecular formula is C21H34N4OS. The first-order valence-electron chi connectivity index (χ1n) is 11.0. The van der Waals surface area contributed by atoms with Crippen molar-refractivity contribution in [2.45, 2.75) is 82.8 Å². The minimum atomic E-state index is 0.177. The Hall–Kier alpha value is -1.14. The number of amides is 2. The van der Waals surface area contributed by atoms with Crippen LogP contribution in [-0.2, 0) is 6.54 Å². The summed E-state index contributed by atoms with van der Waals surface area (Å²) < 4.78 is 0. The van der Waals surface area contributed by atoms with E-state index in [4.69, 9.17) is 0 Å². The number of piperidine rings is 1. The van der Waals surface area contributed by atoms with Gasteiger partial charge < -0.3 is 10.2 Å². The van der Waals surface area contributed by atoms with Crippen LogP contribution in [0.3, 0.4) is 0 Å². The predicted octanol–water partition coefficient (Wildman–Crippen LogP) is 4.25. The second kappa shape index (κ2) is 9.37. The molecule has 1 N–H and O–H groups in total. The summed E-state index contributed by atoms with van der Waals surface area (Å²) in [6, 6.07) is 1.33. The molecule has 3 fully saturated rings. The van der Waals surface area contributed by atoms with E-state index in [0.29, 0.717) is 12.0 Å². The first-order chi connectivity index (χ1) is 13.3. The Morgan fingerprint density at radius 1 is 1.11 bits per heavy atom. The highest BCUT2D eigenvalue weighted by Gasteiger charge is 2.29. The Morgan fingerprint density at radius 2 is 1.81 bits per heavy atom. The smallest absolute Gasteiger partial charge is 0.317 e. The first kappa shape index (κ1) is 19.2. The average molecular weight is 391 g/mol. The fourth-order valence-electron chi connectivity index (χ4n) is 5.10. The van der Waals surface area contributed by atoms with Crippen LogP contribution >= 0.6 is 11.3 Å². The topological polar surface area (TPSA) is 48.5 Å². The number of carbonyl (C=O) groups is 1. The number of hydrogen-bond donors (Lipinski definition) is 1. The van der Waals surface area contributed by atoms with Crippen LogP contribution in [0.25, 0.3) is 0 Å². The number of likely N-dealkylation sites (tertiary alicyclic amines) is 1. The third-order valence-electron chi connectivity index (χ3n) is 6.74. The summed E-state index contributed by atoms with van der Waals surface area (Å²) in [6.07, 6.45) is 14.5. The second-order valence-corrected chi connectivity index (χ2v) is 9.63. The zero-order valence-electron chi connectivity index (χ0n) is 16.4. The van der Waals surface area contributed by atoms with Gasteiger partial charge in [0.15, 0.2) is 0 Å². The number of carbonyl (C=O) groups excluding carboxylic acids is 1. The summed E-state index contributed by atoms with van der Waals surface area (Å²) in [5.74, 6) is 0.709. The second-order valence-electron chi connectivity index (χ2n) is 8.65. The molecule has 6 heteroatoms. The maximum absolute atomic E-state index is 12.5. The zero-order valence-corrected chi connectivity index (χ0v) is 17.3. The summed E-state index contributed by atoms with van der Waals surface area (Å²) in [5.41, 5.74) is 0. The van der Waals surface area contributed by atoms with Crippen LogP contribution < -0.4 is 5.32 Å². The molecule has 0 spiro atoms. The van der Waals surface area contributed by atoms with Gasteiger partial charge in [-0.15, -0.1) is 11.3 Å². The molecule has 5 nitrogen and oxygen atoms in total. The number of hydrogen-bond acceptors (Lipinski definition) is 4. The molecule has 0 bridgehead atoms. The fraction of sp³-hybridized carbons (Fsp3) is 0.810. The standard InChI is InChI=1S/C21H34N4OS/c26-21(23-18-5-1-2-6-18)24-12-9-17(10-13-24)15-25(19-7-3-4-8-19)16-20-22-11-14-27-20/h11,14,17-19H,1-10,12-13,15-16H2,(H,23,26). The van der Waals surface area contributed by atoms with Gasteiger partial charge in [-0.3, -0.25) is 4.90 Å². The molecule has 1 saturated heterocycles. The largest absolute Gasteiger partial charge is 0.335 e. The van der Waals surface area contributed by atoms with Gasteiger partial charge in [0.05, 0.1) is 6.54 Å². The van der Waals surface area contributed by atoms with Crippen molar-refractivity contribution < 1.29 is 4.79 Å². The Bertz CT molecular complexity index is 573. The molecule has 1 aliphatic heterocycles. The third kappa shape index (κ3) is 5.23. The van der Waals surface area contributed by atoms with E-state index in [9.17, 15) is 4.79 Å². The fourth-order valence-corrected chi connectivity index (χ4v) is 5.74. The molecular weight excluding hydrogens is 356 g/mol. The van der Waals surface area contributed by atoms with E-state index >= 15 is 0 Å². The number of aromatic nitrogens is 1. The monoisotopic (exact) mass is 390 g/mol. The molecule has 27 heavy (non-hydrogen) atoms. The van der Waals surface area contributed by atoms with Crippen LogP contribution in [0.2, 0.25) is 0 Å². The molecule has 0 atom stereocenters. The quantitative estimate of drug-likeness (QED) is 0.790. The van der Waals surface area contributed by atoms with Crippen molar-refractivity contribution in [3.05, 3.63) is 16.6 Å². The summed E-state index contributed by atoms with van der Waals surface area (Å²) in [5, 5.41) is 6.58. The minimum Gasteiger partial charge on any atom is -0.335 e. The Morgan fingerprint density at radius 3 is 2.48 bits per heavy atom. The van der Waals surface area contributed by atoms with Crippen LogP contribution in [0, 0.1) is 5.92 Å². The SMILES string of the molecule is O=C(NC1CCCC1)N1CCC(CN(Cc2nccs2)C2CCCC2)CC1. The van der Waals surface area contributed by atoms with Crippen LogP contribution in [0.15, 0.2) is 11.6 Å². The molecule has 2 amide bonds. The summed E-state index contributed by atoms with van der Waals surface area (Å²) in [7, 11) is 0. The minimum absolute atomic E-state index is 0.177. The van der Waals surface area contributed by atoms with Crippen LogP contribution in [-0.4, -0.2) is 52.5 Å². The van der Waals surface area contributed by atoms with Gasteiger partial charge in [-0.1, -0.05) is 25.7 Å². The number of rotatable bonds is 6. The molecule has 1 aromatic heterocycles. The van der Waals surface area contributed by atoms with E-state index in [2.05, 4.69) is 25.5 Å². The summed E-state index contributed by atoms with van der Waals surface area (Å²) >= 11 is 1.78. The molecule has 3 aliphatic rings. The van der Waals surface area contributed by atoms with Gasteiger partial charge in [-0.2, -0.15) is 0 Å². The van der Waals surface area contributed by atoms with E-state index in [1.165, 1.54) is 50.1 Å². The Kier molecular flexibility index (Phi) is 6.66. The molecule has 2 saturated carbocycles. The molecule has 4 rings (SSSR count). The predicted molar refractivity (Wildman–Crippen MR) is 110 cm³/mol. The van der Waals surface area contributed by atoms with Crippen LogP contribution in [0.5, 0.6) is 0 Å². The average Bonchev–Trinajstić information content (AvgIpc) is 3.45. The van der Waals surface area contributed by atoms with Crippen molar-refractivity contribution in [3.8, 4) is 0 Å². The van der Waals surface area contributed by atoms with Crippen LogP contribution in [0.4, 0.5) is 4.79 Å². The van der Waals surface area contributed by atoms with Crippen molar-refractivity contribution >= 4 is 17.4 Å². The number of urea groups is 1. The molecule has 150 valence electrons. The molecule has 1 aromatic rings. The molecule has 2 heterocycles. The Balaban J connectivity index is 1.26. The molecule has 0 radical (unpaired) electrons. The first-order valence-corrected chi connectivity index (χ1v) is 11.8. The number of nitrogens with one attached hydrogen (secondary N) is 1. The van der Waals surface area contributed by atoms with Gasteiger partial charge in [-0.25, -0.2) is 9.78 Å². The lowest BCUT2D eigenvalue weighted by molar-refractivity contribution is 0.118. The van der Waals surface area contributed by atoms with E-state index in [1.807, 2.05) is 6.20 Å². The van der Waals surface area contributed by atoms with Crippen molar-refractivity contribution in [1.82, 2.24) is 20.1 Å². The van der Waals surface area contributed by atoms with Gasteiger partial charge in [0.25, 0.3) is 0 Å². The lowest BCUT2D eigenvalue weighted by Gasteiger charge is -2.37. The highest BCUT2D eigenvalue weighted by Crippen LogP contribution is 2.28. The number of nitrogens with zero attached hydrogens (tertiary/aromatic N) is 3. The van der Waals surface area contributed by atoms with E-state index in [-0.39, 0.29) is 6.03 Å². The van der Waals surface area contributed by atoms with Crippen molar-refractivity contribution in [2.24, 2.45) is 5.92 Å².